The third kappa shape index (κ3) is 2.81. The molecule has 4 nitrogen and oxygen atoms in total. The number of halogens is 1. The summed E-state index contributed by atoms with van der Waals surface area (Å²) in [6.07, 6.45) is 1.21. The van der Waals surface area contributed by atoms with Crippen molar-refractivity contribution in [1.82, 2.24) is 0 Å². The summed E-state index contributed by atoms with van der Waals surface area (Å²) in [5.74, 6) is -0.210. The second-order valence-electron chi connectivity index (χ2n) is 4.70. The average molecular weight is 374 g/mol. The van der Waals surface area contributed by atoms with Gasteiger partial charge in [-0.3, -0.25) is 4.79 Å². The molecule has 102 valence electrons. The van der Waals surface area contributed by atoms with Gasteiger partial charge < -0.3 is 9.84 Å². The third-order valence-corrected chi connectivity index (χ3v) is 4.99. The largest absolute Gasteiger partial charge is 0.465 e. The van der Waals surface area contributed by atoms with Crippen molar-refractivity contribution >= 4 is 34.3 Å². The number of ether oxygens (including phenoxy) is 1. The second-order valence-corrected chi connectivity index (χ2v) is 6.21. The summed E-state index contributed by atoms with van der Waals surface area (Å²) >= 11 is 2.12. The van der Waals surface area contributed by atoms with Crippen LogP contribution < -0.4 is 0 Å². The maximum atomic E-state index is 11.4. The maximum absolute atomic E-state index is 11.4. The number of alkyl halides is 1. The van der Waals surface area contributed by atoms with Gasteiger partial charge in [0, 0.05) is 12.8 Å². The van der Waals surface area contributed by atoms with Crippen LogP contribution in [0, 0.1) is 0 Å². The van der Waals surface area contributed by atoms with Gasteiger partial charge >= 0.3 is 5.97 Å². The number of ketones is 1. The van der Waals surface area contributed by atoms with Gasteiger partial charge in [-0.25, -0.2) is 4.79 Å². The second kappa shape index (κ2) is 5.58. The molecule has 0 amide bonds. The van der Waals surface area contributed by atoms with E-state index in [1.54, 1.807) is 24.3 Å². The quantitative estimate of drug-likeness (QED) is 0.490. The van der Waals surface area contributed by atoms with Crippen LogP contribution in [0.3, 0.4) is 0 Å². The SMILES string of the molecule is COC(=O)c1ccc(C2(O)CCC(=O)CC2I)cc1. The fraction of sp³-hybridized carbons (Fsp3) is 0.429. The number of hydrogen-bond acceptors (Lipinski definition) is 4. The highest BCUT2D eigenvalue weighted by Crippen LogP contribution is 2.40. The number of Topliss-reactive ketones (excluding diaryl/α,β-unsaturated/α-hetero) is 1. The molecule has 1 fully saturated rings. The Hall–Kier alpha value is -0.950. The van der Waals surface area contributed by atoms with Crippen LogP contribution in [-0.4, -0.2) is 27.9 Å². The van der Waals surface area contributed by atoms with E-state index < -0.39 is 11.6 Å². The van der Waals surface area contributed by atoms with Crippen molar-refractivity contribution in [3.8, 4) is 0 Å². The van der Waals surface area contributed by atoms with Crippen LogP contribution in [0.15, 0.2) is 24.3 Å². The molecule has 1 saturated carbocycles. The first-order valence-corrected chi connectivity index (χ1v) is 7.29. The van der Waals surface area contributed by atoms with Gasteiger partial charge in [-0.2, -0.15) is 0 Å². The van der Waals surface area contributed by atoms with E-state index in [0.29, 0.717) is 24.8 Å². The van der Waals surface area contributed by atoms with Crippen molar-refractivity contribution in [2.24, 2.45) is 0 Å². The monoisotopic (exact) mass is 374 g/mol. The first-order chi connectivity index (χ1) is 8.97. The minimum absolute atomic E-state index is 0.143. The molecule has 0 spiro atoms. The van der Waals surface area contributed by atoms with Crippen LogP contribution in [0.2, 0.25) is 0 Å². The Bertz CT molecular complexity index is 497. The van der Waals surface area contributed by atoms with Gasteiger partial charge in [0.25, 0.3) is 0 Å². The van der Waals surface area contributed by atoms with Crippen LogP contribution in [0.5, 0.6) is 0 Å². The summed E-state index contributed by atoms with van der Waals surface area (Å²) in [5.41, 5.74) is 0.196. The van der Waals surface area contributed by atoms with E-state index in [1.807, 2.05) is 0 Å². The standard InChI is InChI=1S/C14H15IO4/c1-19-13(17)9-2-4-10(5-3-9)14(18)7-6-11(16)8-12(14)15/h2-5,12,18H,6-8H2,1H3. The molecule has 2 unspecified atom stereocenters. The lowest BCUT2D eigenvalue weighted by atomic mass is 9.79. The minimum Gasteiger partial charge on any atom is -0.465 e. The molecule has 1 N–H and O–H groups in total. The topological polar surface area (TPSA) is 63.6 Å². The summed E-state index contributed by atoms with van der Waals surface area (Å²) in [4.78, 5) is 22.8. The van der Waals surface area contributed by atoms with Crippen LogP contribution in [0.4, 0.5) is 0 Å². The first-order valence-electron chi connectivity index (χ1n) is 6.04. The number of methoxy groups -OCH3 is 1. The van der Waals surface area contributed by atoms with Gasteiger partial charge in [-0.15, -0.1) is 0 Å². The van der Waals surface area contributed by atoms with Gasteiger partial charge in [-0.05, 0) is 24.1 Å². The van der Waals surface area contributed by atoms with E-state index in [9.17, 15) is 14.7 Å². The zero-order valence-electron chi connectivity index (χ0n) is 10.6. The fourth-order valence-corrected chi connectivity index (χ4v) is 3.46. The molecule has 0 heterocycles. The Morgan fingerprint density at radius 2 is 2.05 bits per heavy atom. The Labute approximate surface area is 125 Å². The highest BCUT2D eigenvalue weighted by atomic mass is 127. The molecule has 1 aliphatic carbocycles. The smallest absolute Gasteiger partial charge is 0.337 e. The van der Waals surface area contributed by atoms with E-state index in [1.165, 1.54) is 7.11 Å². The Morgan fingerprint density at radius 1 is 1.42 bits per heavy atom. The summed E-state index contributed by atoms with van der Waals surface area (Å²) in [7, 11) is 1.33. The molecular formula is C14H15IO4. The molecule has 2 rings (SSSR count). The number of carbonyl (C=O) groups excluding carboxylic acids is 2. The highest BCUT2D eigenvalue weighted by molar-refractivity contribution is 14.1. The normalized spacial score (nSPS) is 27.1. The molecule has 1 aromatic carbocycles. The predicted molar refractivity (Wildman–Crippen MR) is 78.3 cm³/mol. The molecule has 1 aromatic rings. The minimum atomic E-state index is -0.997. The van der Waals surface area contributed by atoms with Crippen molar-refractivity contribution in [2.75, 3.05) is 7.11 Å². The van der Waals surface area contributed by atoms with E-state index in [4.69, 9.17) is 0 Å². The van der Waals surface area contributed by atoms with Gasteiger partial charge in [0.1, 0.15) is 11.4 Å². The van der Waals surface area contributed by atoms with Gasteiger partial charge in [0.15, 0.2) is 0 Å². The average Bonchev–Trinajstić information content (AvgIpc) is 2.42. The van der Waals surface area contributed by atoms with Crippen molar-refractivity contribution in [3.05, 3.63) is 35.4 Å². The fourth-order valence-electron chi connectivity index (χ4n) is 2.30. The molecule has 2 atom stereocenters. The van der Waals surface area contributed by atoms with Gasteiger partial charge in [-0.1, -0.05) is 34.7 Å². The zero-order valence-corrected chi connectivity index (χ0v) is 12.7. The van der Waals surface area contributed by atoms with E-state index in [-0.39, 0.29) is 9.71 Å². The van der Waals surface area contributed by atoms with E-state index in [2.05, 4.69) is 27.3 Å². The number of aliphatic hydroxyl groups is 1. The lowest BCUT2D eigenvalue weighted by molar-refractivity contribution is -0.124. The molecular weight excluding hydrogens is 359 g/mol. The highest BCUT2D eigenvalue weighted by Gasteiger charge is 2.41. The Morgan fingerprint density at radius 3 is 2.58 bits per heavy atom. The summed E-state index contributed by atoms with van der Waals surface area (Å²) < 4.78 is 4.49. The van der Waals surface area contributed by atoms with Crippen molar-refractivity contribution < 1.29 is 19.4 Å². The number of esters is 1. The van der Waals surface area contributed by atoms with Crippen molar-refractivity contribution in [2.45, 2.75) is 28.8 Å². The van der Waals surface area contributed by atoms with Crippen LogP contribution in [-0.2, 0) is 15.1 Å². The molecule has 0 radical (unpaired) electrons. The van der Waals surface area contributed by atoms with E-state index >= 15 is 0 Å². The van der Waals surface area contributed by atoms with Gasteiger partial charge in [0.2, 0.25) is 0 Å². The third-order valence-electron chi connectivity index (χ3n) is 3.52. The summed E-state index contributed by atoms with van der Waals surface area (Å²) in [6.45, 7) is 0. The summed E-state index contributed by atoms with van der Waals surface area (Å²) in [6, 6.07) is 6.74. The molecule has 0 aromatic heterocycles. The Balaban J connectivity index is 2.26. The van der Waals surface area contributed by atoms with Crippen molar-refractivity contribution in [3.63, 3.8) is 0 Å². The predicted octanol–water partition coefficient (Wildman–Crippen LogP) is 2.22. The molecule has 0 bridgehead atoms. The van der Waals surface area contributed by atoms with Crippen molar-refractivity contribution in [1.29, 1.82) is 0 Å². The van der Waals surface area contributed by atoms with E-state index in [0.717, 1.165) is 5.56 Å². The lowest BCUT2D eigenvalue weighted by Crippen LogP contribution is -2.41. The maximum Gasteiger partial charge on any atom is 0.337 e. The molecule has 0 aliphatic heterocycles. The zero-order chi connectivity index (χ0) is 14.0. The molecule has 0 saturated heterocycles. The van der Waals surface area contributed by atoms with Crippen LogP contribution in [0.1, 0.15) is 35.2 Å². The van der Waals surface area contributed by atoms with Crippen LogP contribution in [0.25, 0.3) is 0 Å². The Kier molecular flexibility index (Phi) is 4.25. The van der Waals surface area contributed by atoms with Gasteiger partial charge in [0.05, 0.1) is 16.6 Å². The first kappa shape index (κ1) is 14.5. The lowest BCUT2D eigenvalue weighted by Gasteiger charge is -2.36. The number of hydrogen-bond donors (Lipinski definition) is 1. The molecule has 5 heteroatoms. The molecule has 19 heavy (non-hydrogen) atoms. The molecule has 1 aliphatic rings. The number of carbonyl (C=O) groups is 2. The van der Waals surface area contributed by atoms with Crippen LogP contribution >= 0.6 is 22.6 Å². The number of rotatable bonds is 2. The summed E-state index contributed by atoms with van der Waals surface area (Å²) in [5, 5.41) is 10.7. The number of benzene rings is 1.